The molecule has 1 saturated heterocycles. The van der Waals surface area contributed by atoms with E-state index in [1.807, 2.05) is 24.4 Å². The summed E-state index contributed by atoms with van der Waals surface area (Å²) < 4.78 is 5.92. The minimum Gasteiger partial charge on any atom is -0.490 e. The van der Waals surface area contributed by atoms with Gasteiger partial charge in [-0.05, 0) is 38.1 Å². The number of piperidine rings is 1. The van der Waals surface area contributed by atoms with E-state index in [9.17, 15) is 0 Å². The summed E-state index contributed by atoms with van der Waals surface area (Å²) in [6.07, 6.45) is 5.86. The van der Waals surface area contributed by atoms with Gasteiger partial charge in [-0.3, -0.25) is 9.88 Å². The average molecular weight is 256 g/mol. The van der Waals surface area contributed by atoms with Crippen molar-refractivity contribution in [2.75, 3.05) is 26.2 Å². The Morgan fingerprint density at radius 2 is 1.89 bits per heavy atom. The Balaban J connectivity index is 1.62. The number of benzene rings is 1. The normalized spacial score (nSPS) is 16.6. The van der Waals surface area contributed by atoms with Crippen LogP contribution in [0.4, 0.5) is 0 Å². The molecule has 2 heterocycles. The monoisotopic (exact) mass is 256 g/mol. The number of pyridine rings is 1. The lowest BCUT2D eigenvalue weighted by Gasteiger charge is -2.26. The summed E-state index contributed by atoms with van der Waals surface area (Å²) in [6.45, 7) is 4.20. The highest BCUT2D eigenvalue weighted by molar-refractivity contribution is 5.84. The van der Waals surface area contributed by atoms with Gasteiger partial charge >= 0.3 is 0 Å². The fourth-order valence-corrected chi connectivity index (χ4v) is 2.66. The average Bonchev–Trinajstić information content (AvgIpc) is 2.49. The number of hydrogen-bond donors (Lipinski definition) is 0. The van der Waals surface area contributed by atoms with Crippen LogP contribution in [-0.2, 0) is 0 Å². The summed E-state index contributed by atoms with van der Waals surface area (Å²) in [5.74, 6) is 0.898. The number of para-hydroxylation sites is 1. The topological polar surface area (TPSA) is 25.4 Å². The molecule has 19 heavy (non-hydrogen) atoms. The summed E-state index contributed by atoms with van der Waals surface area (Å²) in [5.41, 5.74) is 0.962. The molecule has 1 aromatic carbocycles. The Bertz CT molecular complexity index is 530. The number of ether oxygens (including phenoxy) is 1. The Hall–Kier alpha value is -1.61. The Morgan fingerprint density at radius 3 is 2.79 bits per heavy atom. The molecule has 1 aliphatic heterocycles. The van der Waals surface area contributed by atoms with Crippen LogP contribution in [0.5, 0.6) is 5.75 Å². The fraction of sp³-hybridized carbons (Fsp3) is 0.438. The van der Waals surface area contributed by atoms with Gasteiger partial charge in [0.1, 0.15) is 17.9 Å². The first-order valence-electron chi connectivity index (χ1n) is 7.12. The van der Waals surface area contributed by atoms with Gasteiger partial charge in [0.05, 0.1) is 0 Å². The van der Waals surface area contributed by atoms with Crippen molar-refractivity contribution in [3.05, 3.63) is 36.5 Å². The number of likely N-dealkylation sites (tertiary alicyclic amines) is 1. The predicted octanol–water partition coefficient (Wildman–Crippen LogP) is 3.10. The molecule has 0 bridgehead atoms. The molecule has 3 nitrogen and oxygen atoms in total. The Kier molecular flexibility index (Phi) is 3.94. The number of rotatable bonds is 4. The molecule has 3 rings (SSSR count). The zero-order valence-corrected chi connectivity index (χ0v) is 11.2. The second-order valence-corrected chi connectivity index (χ2v) is 5.08. The van der Waals surface area contributed by atoms with E-state index in [2.05, 4.69) is 22.0 Å². The van der Waals surface area contributed by atoms with Gasteiger partial charge in [0.15, 0.2) is 0 Å². The van der Waals surface area contributed by atoms with Crippen LogP contribution in [0.1, 0.15) is 19.3 Å². The molecule has 2 aromatic rings. The molecule has 0 unspecified atom stereocenters. The second kappa shape index (κ2) is 6.02. The first kappa shape index (κ1) is 12.4. The molecule has 0 amide bonds. The smallest absolute Gasteiger partial charge is 0.145 e. The quantitative estimate of drug-likeness (QED) is 0.840. The molecule has 0 atom stereocenters. The fourth-order valence-electron chi connectivity index (χ4n) is 2.66. The molecule has 100 valence electrons. The van der Waals surface area contributed by atoms with Crippen LogP contribution < -0.4 is 4.74 Å². The molecule has 1 fully saturated rings. The minimum atomic E-state index is 0.746. The number of hydrogen-bond acceptors (Lipinski definition) is 3. The van der Waals surface area contributed by atoms with Crippen LogP contribution in [0.15, 0.2) is 36.5 Å². The highest BCUT2D eigenvalue weighted by atomic mass is 16.5. The van der Waals surface area contributed by atoms with Gasteiger partial charge in [-0.15, -0.1) is 0 Å². The van der Waals surface area contributed by atoms with E-state index in [4.69, 9.17) is 4.74 Å². The van der Waals surface area contributed by atoms with Crippen molar-refractivity contribution in [3.8, 4) is 5.75 Å². The molecular formula is C16H20N2O. The highest BCUT2D eigenvalue weighted by Gasteiger charge is 2.10. The van der Waals surface area contributed by atoms with Gasteiger partial charge in [-0.1, -0.05) is 24.6 Å². The van der Waals surface area contributed by atoms with Crippen LogP contribution >= 0.6 is 0 Å². The van der Waals surface area contributed by atoms with Crippen molar-refractivity contribution in [1.29, 1.82) is 0 Å². The summed E-state index contributed by atoms with van der Waals surface area (Å²) in [6, 6.07) is 10.1. The maximum atomic E-state index is 5.92. The van der Waals surface area contributed by atoms with Crippen molar-refractivity contribution in [2.24, 2.45) is 0 Å². The first-order chi connectivity index (χ1) is 9.43. The third kappa shape index (κ3) is 3.04. The van der Waals surface area contributed by atoms with Crippen molar-refractivity contribution in [3.63, 3.8) is 0 Å². The molecule has 0 N–H and O–H groups in total. The number of nitrogens with zero attached hydrogens (tertiary/aromatic N) is 2. The third-order valence-electron chi connectivity index (χ3n) is 3.71. The summed E-state index contributed by atoms with van der Waals surface area (Å²) in [5, 5.41) is 1.14. The van der Waals surface area contributed by atoms with E-state index in [0.29, 0.717) is 0 Å². The summed E-state index contributed by atoms with van der Waals surface area (Å²) >= 11 is 0. The molecule has 0 aliphatic carbocycles. The SMILES string of the molecule is c1cnc2c(OCCN3CCCCC3)cccc2c1. The molecule has 1 aromatic heterocycles. The lowest BCUT2D eigenvalue weighted by atomic mass is 10.1. The largest absolute Gasteiger partial charge is 0.490 e. The van der Waals surface area contributed by atoms with Crippen molar-refractivity contribution < 1.29 is 4.74 Å². The van der Waals surface area contributed by atoms with Crippen LogP contribution in [-0.4, -0.2) is 36.1 Å². The van der Waals surface area contributed by atoms with Crippen LogP contribution in [0.2, 0.25) is 0 Å². The van der Waals surface area contributed by atoms with E-state index in [-0.39, 0.29) is 0 Å². The second-order valence-electron chi connectivity index (χ2n) is 5.08. The Labute approximate surface area is 114 Å². The van der Waals surface area contributed by atoms with Crippen molar-refractivity contribution in [2.45, 2.75) is 19.3 Å². The minimum absolute atomic E-state index is 0.746. The summed E-state index contributed by atoms with van der Waals surface area (Å²) in [7, 11) is 0. The van der Waals surface area contributed by atoms with Crippen molar-refractivity contribution >= 4 is 10.9 Å². The standard InChI is InChI=1S/C16H20N2O/c1-2-10-18(11-3-1)12-13-19-15-8-4-6-14-7-5-9-17-16(14)15/h4-9H,1-3,10-13H2. The van der Waals surface area contributed by atoms with E-state index >= 15 is 0 Å². The lowest BCUT2D eigenvalue weighted by Crippen LogP contribution is -2.33. The van der Waals surface area contributed by atoms with Crippen LogP contribution in [0.25, 0.3) is 10.9 Å². The molecule has 0 saturated carbocycles. The zero-order valence-electron chi connectivity index (χ0n) is 11.2. The van der Waals surface area contributed by atoms with Gasteiger partial charge in [0, 0.05) is 18.1 Å². The van der Waals surface area contributed by atoms with E-state index in [0.717, 1.165) is 29.8 Å². The molecule has 0 spiro atoms. The first-order valence-corrected chi connectivity index (χ1v) is 7.12. The molecule has 3 heteroatoms. The number of aromatic nitrogens is 1. The number of fused-ring (bicyclic) bond motifs is 1. The van der Waals surface area contributed by atoms with Gasteiger partial charge in [-0.25, -0.2) is 0 Å². The van der Waals surface area contributed by atoms with Gasteiger partial charge in [0.2, 0.25) is 0 Å². The molecule has 1 aliphatic rings. The maximum Gasteiger partial charge on any atom is 0.145 e. The van der Waals surface area contributed by atoms with Crippen molar-refractivity contribution in [1.82, 2.24) is 9.88 Å². The predicted molar refractivity (Wildman–Crippen MR) is 77.5 cm³/mol. The van der Waals surface area contributed by atoms with E-state index in [1.165, 1.54) is 32.4 Å². The van der Waals surface area contributed by atoms with Crippen LogP contribution in [0, 0.1) is 0 Å². The van der Waals surface area contributed by atoms with Crippen LogP contribution in [0.3, 0.4) is 0 Å². The van der Waals surface area contributed by atoms with Gasteiger partial charge in [-0.2, -0.15) is 0 Å². The molecule has 0 radical (unpaired) electrons. The lowest BCUT2D eigenvalue weighted by molar-refractivity contribution is 0.184. The van der Waals surface area contributed by atoms with E-state index in [1.54, 1.807) is 0 Å². The molecular weight excluding hydrogens is 236 g/mol. The highest BCUT2D eigenvalue weighted by Crippen LogP contribution is 2.22. The van der Waals surface area contributed by atoms with Gasteiger partial charge in [0.25, 0.3) is 0 Å². The third-order valence-corrected chi connectivity index (χ3v) is 3.71. The Morgan fingerprint density at radius 1 is 1.05 bits per heavy atom. The summed E-state index contributed by atoms with van der Waals surface area (Å²) in [4.78, 5) is 6.90. The maximum absolute atomic E-state index is 5.92. The van der Waals surface area contributed by atoms with Gasteiger partial charge < -0.3 is 4.74 Å². The zero-order chi connectivity index (χ0) is 12.9. The van der Waals surface area contributed by atoms with E-state index < -0.39 is 0 Å².